The van der Waals surface area contributed by atoms with Gasteiger partial charge in [-0.25, -0.2) is 4.79 Å². The second-order valence-electron chi connectivity index (χ2n) is 4.49. The molecule has 1 aliphatic heterocycles. The molecule has 3 amide bonds. The fourth-order valence-electron chi connectivity index (χ4n) is 1.95. The lowest BCUT2D eigenvalue weighted by Crippen LogP contribution is -2.51. The third-order valence-electron chi connectivity index (χ3n) is 2.93. The zero-order chi connectivity index (χ0) is 15.2. The Kier molecular flexibility index (Phi) is 4.91. The van der Waals surface area contributed by atoms with Crippen LogP contribution in [0.25, 0.3) is 0 Å². The molecule has 0 unspecified atom stereocenters. The number of alkyl halides is 2. The molecular formula is C13H15F2N3O3. The molecule has 21 heavy (non-hydrogen) atoms. The van der Waals surface area contributed by atoms with Gasteiger partial charge in [0, 0.05) is 12.2 Å². The lowest BCUT2D eigenvalue weighted by atomic mass is 10.1. The lowest BCUT2D eigenvalue weighted by molar-refractivity contribution is -0.124. The molecule has 1 fully saturated rings. The van der Waals surface area contributed by atoms with Crippen LogP contribution in [0.3, 0.4) is 0 Å². The Hall–Kier alpha value is -2.38. The summed E-state index contributed by atoms with van der Waals surface area (Å²) in [6, 6.07) is 4.40. The largest absolute Gasteiger partial charge is 0.435 e. The van der Waals surface area contributed by atoms with Gasteiger partial charge in [0.05, 0.1) is 0 Å². The summed E-state index contributed by atoms with van der Waals surface area (Å²) in [5.41, 5.74) is 0.408. The van der Waals surface area contributed by atoms with Crippen LogP contribution >= 0.6 is 0 Å². The quantitative estimate of drug-likeness (QED) is 0.791. The van der Waals surface area contributed by atoms with Crippen LogP contribution in [-0.2, 0) is 4.79 Å². The first-order valence-corrected chi connectivity index (χ1v) is 6.45. The first-order valence-electron chi connectivity index (χ1n) is 6.45. The van der Waals surface area contributed by atoms with Gasteiger partial charge >= 0.3 is 12.6 Å². The maximum absolute atomic E-state index is 12.0. The minimum Gasteiger partial charge on any atom is -0.435 e. The van der Waals surface area contributed by atoms with Gasteiger partial charge in [-0.05, 0) is 37.1 Å². The molecule has 8 heteroatoms. The van der Waals surface area contributed by atoms with Crippen LogP contribution in [0.5, 0.6) is 5.75 Å². The maximum atomic E-state index is 12.0. The lowest BCUT2D eigenvalue weighted by Gasteiger charge is -2.22. The number of halogens is 2. The third kappa shape index (κ3) is 4.59. The van der Waals surface area contributed by atoms with Crippen molar-refractivity contribution in [1.82, 2.24) is 10.6 Å². The molecule has 1 aliphatic rings. The molecule has 2 rings (SSSR count). The van der Waals surface area contributed by atoms with Crippen molar-refractivity contribution < 1.29 is 23.1 Å². The maximum Gasteiger partial charge on any atom is 0.387 e. The van der Waals surface area contributed by atoms with Crippen LogP contribution in [0.2, 0.25) is 0 Å². The number of benzene rings is 1. The first-order chi connectivity index (χ1) is 10.0. The monoisotopic (exact) mass is 299 g/mol. The van der Waals surface area contributed by atoms with Gasteiger partial charge in [0.1, 0.15) is 11.8 Å². The SMILES string of the molecule is O=C(Nc1ccc(OC(F)F)cc1)N[C@@H]1CCCNC1=O. The van der Waals surface area contributed by atoms with E-state index in [-0.39, 0.29) is 11.7 Å². The van der Waals surface area contributed by atoms with E-state index in [4.69, 9.17) is 0 Å². The summed E-state index contributed by atoms with van der Waals surface area (Å²) in [7, 11) is 0. The molecule has 1 saturated heterocycles. The average molecular weight is 299 g/mol. The van der Waals surface area contributed by atoms with Gasteiger partial charge in [-0.2, -0.15) is 8.78 Å². The van der Waals surface area contributed by atoms with Crippen molar-refractivity contribution in [2.24, 2.45) is 0 Å². The van der Waals surface area contributed by atoms with Crippen molar-refractivity contribution in [2.75, 3.05) is 11.9 Å². The Bertz CT molecular complexity index is 508. The van der Waals surface area contributed by atoms with Crippen molar-refractivity contribution >= 4 is 17.6 Å². The Balaban J connectivity index is 1.86. The van der Waals surface area contributed by atoms with Gasteiger partial charge < -0.3 is 20.7 Å². The molecule has 0 radical (unpaired) electrons. The highest BCUT2D eigenvalue weighted by atomic mass is 19.3. The predicted octanol–water partition coefficient (Wildman–Crippen LogP) is 1.69. The molecule has 1 aromatic rings. The minimum atomic E-state index is -2.89. The van der Waals surface area contributed by atoms with Crippen molar-refractivity contribution in [3.05, 3.63) is 24.3 Å². The highest BCUT2D eigenvalue weighted by molar-refractivity contribution is 5.93. The van der Waals surface area contributed by atoms with Gasteiger partial charge in [-0.15, -0.1) is 0 Å². The van der Waals surface area contributed by atoms with Gasteiger partial charge in [-0.1, -0.05) is 0 Å². The third-order valence-corrected chi connectivity index (χ3v) is 2.93. The first kappa shape index (κ1) is 15.0. The molecular weight excluding hydrogens is 284 g/mol. The zero-order valence-electron chi connectivity index (χ0n) is 11.1. The summed E-state index contributed by atoms with van der Waals surface area (Å²) < 4.78 is 28.2. The second-order valence-corrected chi connectivity index (χ2v) is 4.49. The van der Waals surface area contributed by atoms with Crippen LogP contribution in [0, 0.1) is 0 Å². The van der Waals surface area contributed by atoms with E-state index in [0.717, 1.165) is 6.42 Å². The second kappa shape index (κ2) is 6.87. The number of amides is 3. The van der Waals surface area contributed by atoms with Gasteiger partial charge in [0.15, 0.2) is 0 Å². The molecule has 0 aliphatic carbocycles. The summed E-state index contributed by atoms with van der Waals surface area (Å²) >= 11 is 0. The highest BCUT2D eigenvalue weighted by Gasteiger charge is 2.23. The van der Waals surface area contributed by atoms with Crippen LogP contribution in [-0.4, -0.2) is 31.1 Å². The molecule has 114 valence electrons. The normalized spacial score (nSPS) is 18.0. The number of anilines is 1. The van der Waals surface area contributed by atoms with Crippen molar-refractivity contribution in [1.29, 1.82) is 0 Å². The summed E-state index contributed by atoms with van der Waals surface area (Å²) in [6.07, 6.45) is 1.39. The molecule has 1 atom stereocenters. The minimum absolute atomic E-state index is 0.00242. The summed E-state index contributed by atoms with van der Waals surface area (Å²) in [5.74, 6) is -0.209. The van der Waals surface area contributed by atoms with E-state index in [2.05, 4.69) is 20.7 Å². The Morgan fingerprint density at radius 3 is 2.67 bits per heavy atom. The van der Waals surface area contributed by atoms with Gasteiger partial charge in [0.2, 0.25) is 5.91 Å². The molecule has 0 saturated carbocycles. The van der Waals surface area contributed by atoms with E-state index in [1.165, 1.54) is 24.3 Å². The summed E-state index contributed by atoms with van der Waals surface area (Å²) in [6.45, 7) is -2.28. The molecule has 3 N–H and O–H groups in total. The Morgan fingerprint density at radius 2 is 2.05 bits per heavy atom. The number of carbonyl (C=O) groups is 2. The van der Waals surface area contributed by atoms with E-state index in [1.807, 2.05) is 0 Å². The Morgan fingerprint density at radius 1 is 1.33 bits per heavy atom. The van der Waals surface area contributed by atoms with E-state index >= 15 is 0 Å². The molecule has 6 nitrogen and oxygen atoms in total. The fourth-order valence-corrected chi connectivity index (χ4v) is 1.95. The van der Waals surface area contributed by atoms with Crippen LogP contribution < -0.4 is 20.7 Å². The highest BCUT2D eigenvalue weighted by Crippen LogP contribution is 2.17. The van der Waals surface area contributed by atoms with Gasteiger partial charge in [0.25, 0.3) is 0 Å². The summed E-state index contributed by atoms with van der Waals surface area (Å²) in [4.78, 5) is 23.2. The van der Waals surface area contributed by atoms with Crippen molar-refractivity contribution in [2.45, 2.75) is 25.5 Å². The number of rotatable bonds is 4. The van der Waals surface area contributed by atoms with Gasteiger partial charge in [-0.3, -0.25) is 4.79 Å². The van der Waals surface area contributed by atoms with E-state index in [9.17, 15) is 18.4 Å². The topological polar surface area (TPSA) is 79.5 Å². The number of hydrogen-bond acceptors (Lipinski definition) is 3. The predicted molar refractivity (Wildman–Crippen MR) is 71.3 cm³/mol. The number of hydrogen-bond donors (Lipinski definition) is 3. The number of urea groups is 1. The number of ether oxygens (including phenoxy) is 1. The number of nitrogens with one attached hydrogen (secondary N) is 3. The van der Waals surface area contributed by atoms with E-state index in [1.54, 1.807) is 0 Å². The number of carbonyl (C=O) groups excluding carboxylic acids is 2. The van der Waals surface area contributed by atoms with E-state index < -0.39 is 18.7 Å². The smallest absolute Gasteiger partial charge is 0.387 e. The zero-order valence-corrected chi connectivity index (χ0v) is 11.1. The average Bonchev–Trinajstić information content (AvgIpc) is 2.43. The van der Waals surface area contributed by atoms with Crippen molar-refractivity contribution in [3.8, 4) is 5.75 Å². The number of piperidine rings is 1. The van der Waals surface area contributed by atoms with Crippen molar-refractivity contribution in [3.63, 3.8) is 0 Å². The molecule has 1 heterocycles. The molecule has 0 bridgehead atoms. The van der Waals surface area contributed by atoms with Crippen LogP contribution in [0.4, 0.5) is 19.3 Å². The standard InChI is InChI=1S/C13H15F2N3O3/c14-12(15)21-9-5-3-8(4-6-9)17-13(20)18-10-2-1-7-16-11(10)19/h3-6,10,12H,1-2,7H2,(H,16,19)(H2,17,18,20)/t10-/m1/s1. The van der Waals surface area contributed by atoms with Crippen LogP contribution in [0.15, 0.2) is 24.3 Å². The fraction of sp³-hybridized carbons (Fsp3) is 0.385. The summed E-state index contributed by atoms with van der Waals surface area (Å²) in [5, 5.41) is 7.73. The van der Waals surface area contributed by atoms with E-state index in [0.29, 0.717) is 18.7 Å². The molecule has 0 aromatic heterocycles. The Labute approximate surface area is 119 Å². The molecule has 0 spiro atoms. The van der Waals surface area contributed by atoms with Crippen LogP contribution in [0.1, 0.15) is 12.8 Å². The molecule has 1 aromatic carbocycles.